The predicted molar refractivity (Wildman–Crippen MR) is 99.0 cm³/mol. The maximum absolute atomic E-state index is 12.7. The molecule has 0 aliphatic heterocycles. The molecule has 1 saturated carbocycles. The SMILES string of the molecule is O=C(NC1CC1)c1cc(NC(CCO)c2ccco2)nc2ccccc12. The van der Waals surface area contributed by atoms with Gasteiger partial charge in [-0.1, -0.05) is 18.2 Å². The summed E-state index contributed by atoms with van der Waals surface area (Å²) < 4.78 is 5.47. The molecule has 26 heavy (non-hydrogen) atoms. The fourth-order valence-corrected chi connectivity index (χ4v) is 3.01. The lowest BCUT2D eigenvalue weighted by Gasteiger charge is -2.17. The zero-order valence-electron chi connectivity index (χ0n) is 14.3. The van der Waals surface area contributed by atoms with Crippen LogP contribution in [0, 0.1) is 0 Å². The number of para-hydroxylation sites is 1. The van der Waals surface area contributed by atoms with E-state index in [1.54, 1.807) is 12.3 Å². The Kier molecular flexibility index (Phi) is 4.58. The van der Waals surface area contributed by atoms with Gasteiger partial charge in [0.25, 0.3) is 5.91 Å². The van der Waals surface area contributed by atoms with E-state index in [0.717, 1.165) is 29.5 Å². The average Bonchev–Trinajstić information content (AvgIpc) is 3.29. The number of aliphatic hydroxyl groups is 1. The van der Waals surface area contributed by atoms with Crippen molar-refractivity contribution in [1.82, 2.24) is 10.3 Å². The first kappa shape index (κ1) is 16.6. The van der Waals surface area contributed by atoms with E-state index in [9.17, 15) is 9.90 Å². The number of carbonyl (C=O) groups is 1. The van der Waals surface area contributed by atoms with Gasteiger partial charge in [0.15, 0.2) is 0 Å². The lowest BCUT2D eigenvalue weighted by Crippen LogP contribution is -2.26. The molecule has 3 aromatic rings. The van der Waals surface area contributed by atoms with Crippen LogP contribution in [-0.4, -0.2) is 28.6 Å². The number of nitrogens with one attached hydrogen (secondary N) is 2. The molecule has 2 aromatic heterocycles. The lowest BCUT2D eigenvalue weighted by molar-refractivity contribution is 0.0952. The Morgan fingerprint density at radius 1 is 1.27 bits per heavy atom. The Morgan fingerprint density at radius 2 is 2.12 bits per heavy atom. The van der Waals surface area contributed by atoms with Gasteiger partial charge in [0, 0.05) is 18.0 Å². The summed E-state index contributed by atoms with van der Waals surface area (Å²) in [7, 11) is 0. The van der Waals surface area contributed by atoms with E-state index < -0.39 is 0 Å². The Labute approximate surface area is 151 Å². The van der Waals surface area contributed by atoms with Gasteiger partial charge in [0.1, 0.15) is 11.6 Å². The second kappa shape index (κ2) is 7.17. The molecule has 3 N–H and O–H groups in total. The highest BCUT2D eigenvalue weighted by Crippen LogP contribution is 2.27. The second-order valence-corrected chi connectivity index (χ2v) is 6.54. The van der Waals surface area contributed by atoms with Crippen molar-refractivity contribution < 1.29 is 14.3 Å². The summed E-state index contributed by atoms with van der Waals surface area (Å²) in [4.78, 5) is 17.3. The third-order valence-electron chi connectivity index (χ3n) is 4.50. The summed E-state index contributed by atoms with van der Waals surface area (Å²) in [6.07, 6.45) is 4.16. The van der Waals surface area contributed by atoms with Crippen molar-refractivity contribution in [3.8, 4) is 0 Å². The molecule has 1 aliphatic rings. The summed E-state index contributed by atoms with van der Waals surface area (Å²) in [5.41, 5.74) is 1.35. The van der Waals surface area contributed by atoms with Crippen LogP contribution in [0.5, 0.6) is 0 Å². The van der Waals surface area contributed by atoms with E-state index in [1.165, 1.54) is 0 Å². The van der Waals surface area contributed by atoms with Gasteiger partial charge in [-0.05, 0) is 43.5 Å². The number of hydrogen-bond donors (Lipinski definition) is 3. The molecule has 1 aliphatic carbocycles. The summed E-state index contributed by atoms with van der Waals surface area (Å²) in [6.45, 7) is 0.0149. The third-order valence-corrected chi connectivity index (χ3v) is 4.50. The number of pyridine rings is 1. The molecular weight excluding hydrogens is 330 g/mol. The topological polar surface area (TPSA) is 87.4 Å². The van der Waals surface area contributed by atoms with Gasteiger partial charge >= 0.3 is 0 Å². The molecule has 134 valence electrons. The van der Waals surface area contributed by atoms with Crippen molar-refractivity contribution in [3.05, 3.63) is 60.1 Å². The van der Waals surface area contributed by atoms with Crippen LogP contribution in [0.4, 0.5) is 5.82 Å². The number of benzene rings is 1. The first-order chi connectivity index (χ1) is 12.7. The lowest BCUT2D eigenvalue weighted by atomic mass is 10.1. The molecule has 0 saturated heterocycles. The fraction of sp³-hybridized carbons (Fsp3) is 0.300. The number of fused-ring (bicyclic) bond motifs is 1. The Morgan fingerprint density at radius 3 is 2.85 bits per heavy atom. The molecule has 2 heterocycles. The summed E-state index contributed by atoms with van der Waals surface area (Å²) in [6, 6.07) is 13.1. The number of carbonyl (C=O) groups excluding carboxylic acids is 1. The van der Waals surface area contributed by atoms with Crippen LogP contribution in [0.15, 0.2) is 53.1 Å². The van der Waals surface area contributed by atoms with Gasteiger partial charge in [-0.2, -0.15) is 0 Å². The highest BCUT2D eigenvalue weighted by atomic mass is 16.3. The predicted octanol–water partition coefficient (Wildman–Crippen LogP) is 3.26. The van der Waals surface area contributed by atoms with E-state index in [0.29, 0.717) is 17.8 Å². The zero-order valence-corrected chi connectivity index (χ0v) is 14.3. The maximum atomic E-state index is 12.7. The van der Waals surface area contributed by atoms with Gasteiger partial charge in [0.2, 0.25) is 0 Å². The molecule has 6 nitrogen and oxygen atoms in total. The van der Waals surface area contributed by atoms with Gasteiger partial charge in [-0.25, -0.2) is 4.98 Å². The number of furan rings is 1. The first-order valence-corrected chi connectivity index (χ1v) is 8.86. The molecule has 1 atom stereocenters. The number of rotatable bonds is 7. The van der Waals surface area contributed by atoms with Crippen molar-refractivity contribution in [2.24, 2.45) is 0 Å². The van der Waals surface area contributed by atoms with Crippen LogP contribution in [0.25, 0.3) is 10.9 Å². The van der Waals surface area contributed by atoms with Gasteiger partial charge in [0.05, 0.1) is 23.4 Å². The van der Waals surface area contributed by atoms with Crippen molar-refractivity contribution in [2.75, 3.05) is 11.9 Å². The van der Waals surface area contributed by atoms with Crippen LogP contribution >= 0.6 is 0 Å². The van der Waals surface area contributed by atoms with Crippen molar-refractivity contribution in [1.29, 1.82) is 0 Å². The minimum Gasteiger partial charge on any atom is -0.467 e. The van der Waals surface area contributed by atoms with Crippen molar-refractivity contribution >= 4 is 22.6 Å². The Hall–Kier alpha value is -2.86. The number of hydrogen-bond acceptors (Lipinski definition) is 5. The molecule has 0 spiro atoms. The molecule has 0 bridgehead atoms. The molecular formula is C20H21N3O3. The summed E-state index contributed by atoms with van der Waals surface area (Å²) >= 11 is 0. The highest BCUT2D eigenvalue weighted by Gasteiger charge is 2.25. The van der Waals surface area contributed by atoms with Crippen molar-refractivity contribution in [3.63, 3.8) is 0 Å². The number of amides is 1. The zero-order chi connectivity index (χ0) is 17.9. The highest BCUT2D eigenvalue weighted by molar-refractivity contribution is 6.07. The van der Waals surface area contributed by atoms with Gasteiger partial charge < -0.3 is 20.2 Å². The number of nitrogens with zero attached hydrogens (tertiary/aromatic N) is 1. The van der Waals surface area contributed by atoms with Gasteiger partial charge in [-0.15, -0.1) is 0 Å². The number of anilines is 1. The maximum Gasteiger partial charge on any atom is 0.252 e. The molecule has 1 amide bonds. The van der Waals surface area contributed by atoms with E-state index in [1.807, 2.05) is 36.4 Å². The van der Waals surface area contributed by atoms with Crippen molar-refractivity contribution in [2.45, 2.75) is 31.3 Å². The van der Waals surface area contributed by atoms with E-state index in [-0.39, 0.29) is 24.6 Å². The monoisotopic (exact) mass is 351 g/mol. The normalized spacial score (nSPS) is 15.0. The molecule has 1 unspecified atom stereocenters. The molecule has 1 aromatic carbocycles. The van der Waals surface area contributed by atoms with Crippen LogP contribution in [0.2, 0.25) is 0 Å². The fourth-order valence-electron chi connectivity index (χ4n) is 3.01. The van der Waals surface area contributed by atoms with Gasteiger partial charge in [-0.3, -0.25) is 4.79 Å². The standard InChI is InChI=1S/C20H21N3O3/c24-10-9-17(18-6-3-11-26-18)23-19-12-15(20(25)21-13-7-8-13)14-4-1-2-5-16(14)22-19/h1-6,11-13,17,24H,7-10H2,(H,21,25)(H,22,23). The third kappa shape index (κ3) is 3.55. The Balaban J connectivity index is 1.69. The van der Waals surface area contributed by atoms with E-state index >= 15 is 0 Å². The molecule has 0 radical (unpaired) electrons. The second-order valence-electron chi connectivity index (χ2n) is 6.54. The van der Waals surface area contributed by atoms with Crippen LogP contribution in [-0.2, 0) is 0 Å². The molecule has 4 rings (SSSR count). The largest absolute Gasteiger partial charge is 0.467 e. The number of aromatic nitrogens is 1. The quantitative estimate of drug-likeness (QED) is 0.608. The minimum absolute atomic E-state index is 0.0149. The number of aliphatic hydroxyl groups excluding tert-OH is 1. The Bertz CT molecular complexity index is 904. The van der Waals surface area contributed by atoms with Crippen LogP contribution < -0.4 is 10.6 Å². The summed E-state index contributed by atoms with van der Waals surface area (Å²) in [5.74, 6) is 1.23. The minimum atomic E-state index is -0.219. The summed E-state index contributed by atoms with van der Waals surface area (Å²) in [5, 5.41) is 16.5. The van der Waals surface area contributed by atoms with E-state index in [2.05, 4.69) is 15.6 Å². The smallest absolute Gasteiger partial charge is 0.252 e. The van der Waals surface area contributed by atoms with Crippen LogP contribution in [0.3, 0.4) is 0 Å². The van der Waals surface area contributed by atoms with E-state index in [4.69, 9.17) is 4.42 Å². The van der Waals surface area contributed by atoms with Crippen LogP contribution in [0.1, 0.15) is 41.4 Å². The first-order valence-electron chi connectivity index (χ1n) is 8.86. The average molecular weight is 351 g/mol. The molecule has 6 heteroatoms. The molecule has 1 fully saturated rings.